The third-order valence-corrected chi connectivity index (χ3v) is 2.89. The lowest BCUT2D eigenvalue weighted by Gasteiger charge is -2.10. The summed E-state index contributed by atoms with van der Waals surface area (Å²) in [5, 5.41) is 39.4. The van der Waals surface area contributed by atoms with Gasteiger partial charge in [-0.25, -0.2) is 10.2 Å². The number of nitrogens with zero attached hydrogens (tertiary/aromatic N) is 3. The standard InChI is InChI=1S/C14H11N5O6/c20-13-9(6-11(18(22)23)7-12(13)19(24)25)8-15-17-14(21)16-10-4-2-1-3-5-10/h1-8,20H,(H2,16,17,21)/p-1/b15-8-. The molecule has 0 bridgehead atoms. The fraction of sp³-hybridized carbons (Fsp3) is 0. The minimum absolute atomic E-state index is 0.402. The maximum atomic E-state index is 11.9. The molecule has 2 aromatic carbocycles. The molecule has 128 valence electrons. The highest BCUT2D eigenvalue weighted by atomic mass is 16.6. The van der Waals surface area contributed by atoms with Crippen LogP contribution in [0, 0.1) is 20.2 Å². The SMILES string of the molecule is O=C(N/N=C\c1cc([N+](=O)[O-])cc([N+](=O)[O-])c1[O-])Nc1ccccc1. The van der Waals surface area contributed by atoms with Crippen LogP contribution in [0.1, 0.15) is 5.56 Å². The Morgan fingerprint density at radius 3 is 2.36 bits per heavy atom. The third kappa shape index (κ3) is 4.48. The lowest BCUT2D eigenvalue weighted by atomic mass is 10.1. The second-order valence-electron chi connectivity index (χ2n) is 4.59. The summed E-state index contributed by atoms with van der Waals surface area (Å²) in [6.07, 6.45) is 0.799. The average molecular weight is 344 g/mol. The number of rotatable bonds is 5. The maximum absolute atomic E-state index is 11.9. The van der Waals surface area contributed by atoms with Crippen LogP contribution in [0.4, 0.5) is 21.9 Å². The van der Waals surface area contributed by atoms with Gasteiger partial charge in [-0.1, -0.05) is 18.2 Å². The average Bonchev–Trinajstić information content (AvgIpc) is 2.56. The van der Waals surface area contributed by atoms with Gasteiger partial charge >= 0.3 is 6.03 Å². The molecule has 25 heavy (non-hydrogen) atoms. The number of hydrazone groups is 1. The van der Waals surface area contributed by atoms with E-state index in [0.29, 0.717) is 11.8 Å². The smallest absolute Gasteiger partial charge is 0.339 e. The van der Waals surface area contributed by atoms with Crippen LogP contribution in [0.5, 0.6) is 5.75 Å². The van der Waals surface area contributed by atoms with E-state index < -0.39 is 38.6 Å². The van der Waals surface area contributed by atoms with Gasteiger partial charge in [-0.3, -0.25) is 20.2 Å². The van der Waals surface area contributed by atoms with E-state index in [4.69, 9.17) is 0 Å². The number of nitro benzene ring substituents is 2. The molecule has 2 rings (SSSR count). The summed E-state index contributed by atoms with van der Waals surface area (Å²) < 4.78 is 0. The summed E-state index contributed by atoms with van der Waals surface area (Å²) in [5.41, 5.74) is 0.543. The monoisotopic (exact) mass is 344 g/mol. The quantitative estimate of drug-likeness (QED) is 0.476. The van der Waals surface area contributed by atoms with Gasteiger partial charge in [-0.05, 0) is 17.9 Å². The highest BCUT2D eigenvalue weighted by Crippen LogP contribution is 2.31. The van der Waals surface area contributed by atoms with E-state index in [1.807, 2.05) is 5.43 Å². The zero-order chi connectivity index (χ0) is 18.4. The van der Waals surface area contributed by atoms with Crippen molar-refractivity contribution in [3.63, 3.8) is 0 Å². The van der Waals surface area contributed by atoms with Crippen LogP contribution in [0.3, 0.4) is 0 Å². The maximum Gasteiger partial charge on any atom is 0.339 e. The molecule has 0 aliphatic carbocycles. The van der Waals surface area contributed by atoms with E-state index in [1.165, 1.54) is 0 Å². The van der Waals surface area contributed by atoms with Gasteiger partial charge in [0.2, 0.25) is 0 Å². The molecule has 0 aromatic heterocycles. The van der Waals surface area contributed by atoms with Crippen molar-refractivity contribution in [3.05, 3.63) is 68.3 Å². The highest BCUT2D eigenvalue weighted by molar-refractivity contribution is 5.91. The first-order chi connectivity index (χ1) is 11.9. The van der Waals surface area contributed by atoms with Crippen LogP contribution in [-0.2, 0) is 0 Å². The van der Waals surface area contributed by atoms with Gasteiger partial charge in [0.1, 0.15) is 0 Å². The van der Waals surface area contributed by atoms with Crippen molar-refractivity contribution in [3.8, 4) is 5.75 Å². The molecule has 2 N–H and O–H groups in total. The van der Waals surface area contributed by atoms with Crippen molar-refractivity contribution in [2.45, 2.75) is 0 Å². The number of anilines is 1. The fourth-order valence-corrected chi connectivity index (χ4v) is 1.80. The van der Waals surface area contributed by atoms with E-state index in [1.54, 1.807) is 30.3 Å². The topological polar surface area (TPSA) is 163 Å². The van der Waals surface area contributed by atoms with Gasteiger partial charge in [0.05, 0.1) is 22.1 Å². The Kier molecular flexibility index (Phi) is 5.20. The van der Waals surface area contributed by atoms with Crippen molar-refractivity contribution >= 4 is 29.3 Å². The highest BCUT2D eigenvalue weighted by Gasteiger charge is 2.18. The molecule has 2 amide bonds. The number of nitrogens with one attached hydrogen (secondary N) is 2. The number of nitro groups is 2. The molecule has 0 fully saturated rings. The molecule has 0 aliphatic heterocycles. The lowest BCUT2D eigenvalue weighted by molar-refractivity contribution is -0.403. The first-order valence-corrected chi connectivity index (χ1v) is 6.67. The predicted molar refractivity (Wildman–Crippen MR) is 85.4 cm³/mol. The Morgan fingerprint density at radius 1 is 1.08 bits per heavy atom. The summed E-state index contributed by atoms with van der Waals surface area (Å²) in [4.78, 5) is 31.3. The summed E-state index contributed by atoms with van der Waals surface area (Å²) in [6, 6.07) is 9.08. The lowest BCUT2D eigenvalue weighted by Crippen LogP contribution is -2.24. The minimum Gasteiger partial charge on any atom is -0.867 e. The van der Waals surface area contributed by atoms with Crippen LogP contribution < -0.4 is 15.8 Å². The molecular formula is C14H10N5O6-. The molecule has 11 heteroatoms. The first-order valence-electron chi connectivity index (χ1n) is 6.67. The molecule has 0 saturated carbocycles. The second kappa shape index (κ2) is 7.50. The van der Waals surface area contributed by atoms with E-state index in [0.717, 1.165) is 12.3 Å². The van der Waals surface area contributed by atoms with Crippen LogP contribution in [0.25, 0.3) is 0 Å². The van der Waals surface area contributed by atoms with Crippen molar-refractivity contribution in [2.75, 3.05) is 5.32 Å². The van der Waals surface area contributed by atoms with Crippen LogP contribution in [-0.4, -0.2) is 22.1 Å². The largest absolute Gasteiger partial charge is 0.867 e. The molecule has 0 aliphatic rings. The van der Waals surface area contributed by atoms with Crippen molar-refractivity contribution in [2.24, 2.45) is 5.10 Å². The van der Waals surface area contributed by atoms with E-state index in [2.05, 4.69) is 10.4 Å². The van der Waals surface area contributed by atoms with Crippen molar-refractivity contribution < 1.29 is 19.7 Å². The predicted octanol–water partition coefficient (Wildman–Crippen LogP) is 1.73. The Bertz CT molecular complexity index is 852. The molecule has 11 nitrogen and oxygen atoms in total. The number of para-hydroxylation sites is 1. The Balaban J connectivity index is 2.15. The fourth-order valence-electron chi connectivity index (χ4n) is 1.80. The van der Waals surface area contributed by atoms with Gasteiger partial charge in [-0.2, -0.15) is 5.10 Å². The number of non-ortho nitro benzene ring substituents is 1. The Morgan fingerprint density at radius 2 is 1.76 bits per heavy atom. The molecule has 0 spiro atoms. The summed E-state index contributed by atoms with van der Waals surface area (Å²) in [5.74, 6) is -1.05. The molecular weight excluding hydrogens is 334 g/mol. The summed E-state index contributed by atoms with van der Waals surface area (Å²) in [6.45, 7) is 0. The van der Waals surface area contributed by atoms with Crippen LogP contribution in [0.2, 0.25) is 0 Å². The normalized spacial score (nSPS) is 10.4. The zero-order valence-electron chi connectivity index (χ0n) is 12.4. The molecule has 0 atom stereocenters. The summed E-state index contributed by atoms with van der Waals surface area (Å²) in [7, 11) is 0. The number of benzene rings is 2. The van der Waals surface area contributed by atoms with E-state index in [9.17, 15) is 30.1 Å². The number of hydrogen-bond donors (Lipinski definition) is 2. The molecule has 0 radical (unpaired) electrons. The van der Waals surface area contributed by atoms with Gasteiger partial charge < -0.3 is 10.4 Å². The van der Waals surface area contributed by atoms with Crippen molar-refractivity contribution in [1.29, 1.82) is 0 Å². The summed E-state index contributed by atoms with van der Waals surface area (Å²) >= 11 is 0. The van der Waals surface area contributed by atoms with Crippen molar-refractivity contribution in [1.82, 2.24) is 5.43 Å². The van der Waals surface area contributed by atoms with E-state index in [-0.39, 0.29) is 0 Å². The number of urea groups is 1. The second-order valence-corrected chi connectivity index (χ2v) is 4.59. The van der Waals surface area contributed by atoms with Gasteiger partial charge in [-0.15, -0.1) is 0 Å². The Labute approximate surface area is 139 Å². The van der Waals surface area contributed by atoms with Gasteiger partial charge in [0, 0.05) is 17.3 Å². The van der Waals surface area contributed by atoms with E-state index >= 15 is 0 Å². The van der Waals surface area contributed by atoms with Gasteiger partial charge in [0.25, 0.3) is 11.4 Å². The number of carbonyl (C=O) groups is 1. The van der Waals surface area contributed by atoms with Crippen LogP contribution >= 0.6 is 0 Å². The molecule has 0 saturated heterocycles. The van der Waals surface area contributed by atoms with Crippen LogP contribution in [0.15, 0.2) is 47.6 Å². The number of amides is 2. The molecule has 0 heterocycles. The number of hydrogen-bond acceptors (Lipinski definition) is 7. The third-order valence-electron chi connectivity index (χ3n) is 2.89. The minimum atomic E-state index is -1.05. The zero-order valence-corrected chi connectivity index (χ0v) is 12.4. The Hall–Kier alpha value is -4.02. The first kappa shape index (κ1) is 17.3. The molecule has 0 unspecified atom stereocenters. The van der Waals surface area contributed by atoms with Gasteiger partial charge in [0.15, 0.2) is 0 Å². The molecule has 2 aromatic rings. The number of carbonyl (C=O) groups excluding carboxylic acids is 1.